The average molecular weight is 657 g/mol. The fourth-order valence-electron chi connectivity index (χ4n) is 5.20. The van der Waals surface area contributed by atoms with Crippen LogP contribution in [0.4, 0.5) is 11.4 Å². The summed E-state index contributed by atoms with van der Waals surface area (Å²) in [5.41, 5.74) is 6.70. The lowest BCUT2D eigenvalue weighted by molar-refractivity contribution is 0.101. The van der Waals surface area contributed by atoms with Crippen molar-refractivity contribution in [3.63, 3.8) is 0 Å². The third-order valence-corrected chi connectivity index (χ3v) is 8.08. The van der Waals surface area contributed by atoms with Crippen LogP contribution in [0.3, 0.4) is 0 Å². The van der Waals surface area contributed by atoms with Gasteiger partial charge in [-0.15, -0.1) is 0 Å². The molecule has 0 unspecified atom stereocenters. The van der Waals surface area contributed by atoms with Gasteiger partial charge in [-0.1, -0.05) is 24.3 Å². The molecule has 2 amide bonds. The summed E-state index contributed by atoms with van der Waals surface area (Å²) in [6, 6.07) is 14.4. The summed E-state index contributed by atoms with van der Waals surface area (Å²) < 4.78 is 11.0. The quantitative estimate of drug-likeness (QED) is 0.126. The minimum absolute atomic E-state index is 0.000700. The van der Waals surface area contributed by atoms with Gasteiger partial charge in [0, 0.05) is 72.7 Å². The molecule has 0 aliphatic heterocycles. The minimum Gasteiger partial charge on any atom is -0.496 e. The maximum Gasteiger partial charge on any atom is 0.274 e. The molecule has 2 aromatic heterocycles. The van der Waals surface area contributed by atoms with Crippen molar-refractivity contribution in [1.29, 1.82) is 0 Å². The Hall–Kier alpha value is -4.88. The number of aliphatic hydroxyl groups is 2. The molecular formula is C36H44N6O6. The number of amides is 2. The number of nitrogens with one attached hydrogen (secondary N) is 3. The summed E-state index contributed by atoms with van der Waals surface area (Å²) in [5.74, 6) is 0.287. The normalized spacial score (nSPS) is 11.7. The van der Waals surface area contributed by atoms with Gasteiger partial charge in [-0.2, -0.15) is 0 Å². The van der Waals surface area contributed by atoms with Crippen molar-refractivity contribution in [2.45, 2.75) is 39.9 Å². The molecule has 5 N–H and O–H groups in total. The lowest BCUT2D eigenvalue weighted by Crippen LogP contribution is -2.29. The van der Waals surface area contributed by atoms with E-state index in [0.29, 0.717) is 42.5 Å². The Kier molecular flexibility index (Phi) is 12.6. The first-order valence-electron chi connectivity index (χ1n) is 15.6. The van der Waals surface area contributed by atoms with Gasteiger partial charge in [-0.25, -0.2) is 0 Å². The molecule has 48 heavy (non-hydrogen) atoms. The van der Waals surface area contributed by atoms with Gasteiger partial charge in [0.1, 0.15) is 22.9 Å². The Bertz CT molecular complexity index is 1750. The van der Waals surface area contributed by atoms with Crippen LogP contribution in [-0.2, 0) is 13.1 Å². The number of ether oxygens (including phenoxy) is 2. The first-order valence-corrected chi connectivity index (χ1v) is 15.6. The summed E-state index contributed by atoms with van der Waals surface area (Å²) in [4.78, 5) is 37.2. The van der Waals surface area contributed by atoms with Crippen LogP contribution in [0.25, 0.3) is 11.1 Å². The summed E-state index contributed by atoms with van der Waals surface area (Å²) >= 11 is 0. The molecule has 4 aromatic rings. The fourth-order valence-corrected chi connectivity index (χ4v) is 5.20. The topological polar surface area (TPSA) is 158 Å². The molecule has 0 saturated carbocycles. The predicted octanol–water partition coefficient (Wildman–Crippen LogP) is 4.18. The molecule has 0 saturated heterocycles. The maximum absolute atomic E-state index is 13.3. The van der Waals surface area contributed by atoms with Gasteiger partial charge in [0.25, 0.3) is 11.8 Å². The number of benzene rings is 2. The first kappa shape index (κ1) is 36.0. The van der Waals surface area contributed by atoms with E-state index in [1.165, 1.54) is 7.11 Å². The maximum atomic E-state index is 13.3. The summed E-state index contributed by atoms with van der Waals surface area (Å²) in [5, 5.41) is 27.6. The highest BCUT2D eigenvalue weighted by atomic mass is 16.5. The van der Waals surface area contributed by atoms with Crippen LogP contribution in [0.15, 0.2) is 60.9 Å². The molecule has 0 fully saturated rings. The number of pyridine rings is 2. The van der Waals surface area contributed by atoms with Crippen LogP contribution < -0.4 is 25.4 Å². The number of rotatable bonds is 15. The lowest BCUT2D eigenvalue weighted by Gasteiger charge is -2.18. The highest BCUT2D eigenvalue weighted by Crippen LogP contribution is 2.34. The zero-order valence-corrected chi connectivity index (χ0v) is 28.3. The number of carbonyl (C=O) groups excluding carboxylic acids is 2. The minimum atomic E-state index is -0.386. The number of hydrogen-bond acceptors (Lipinski definition) is 10. The number of nitrogens with zero attached hydrogens (tertiary/aromatic N) is 3. The van der Waals surface area contributed by atoms with Gasteiger partial charge >= 0.3 is 0 Å². The molecule has 2 heterocycles. The predicted molar refractivity (Wildman–Crippen MR) is 186 cm³/mol. The molecule has 254 valence electrons. The van der Waals surface area contributed by atoms with E-state index in [9.17, 15) is 19.8 Å². The van der Waals surface area contributed by atoms with Crippen LogP contribution >= 0.6 is 0 Å². The van der Waals surface area contributed by atoms with Crippen LogP contribution in [0, 0.1) is 13.8 Å². The van der Waals surface area contributed by atoms with Crippen molar-refractivity contribution >= 4 is 23.2 Å². The fraction of sp³-hybridized carbons (Fsp3) is 0.333. The molecule has 1 atom stereocenters. The monoisotopic (exact) mass is 656 g/mol. The van der Waals surface area contributed by atoms with Crippen molar-refractivity contribution in [3.05, 3.63) is 94.6 Å². The van der Waals surface area contributed by atoms with E-state index < -0.39 is 0 Å². The molecule has 0 bridgehead atoms. The Labute approximate surface area is 281 Å². The molecule has 12 heteroatoms. The van der Waals surface area contributed by atoms with E-state index in [2.05, 4.69) is 25.9 Å². The molecule has 0 aliphatic carbocycles. The lowest BCUT2D eigenvalue weighted by atomic mass is 9.94. The standard InChI is InChI=1S/C36H44N6O6/c1-22(21-44)37-17-25-18-38-31(15-33(25)47-5)35(45)40-29-11-7-9-27(23(29)2)28-10-8-12-30(24(28)3)41-36(46)32-16-34(48-6)26(19-39-32)20-42(4)13-14-43/h7-12,15-16,18-19,22,37,43-44H,13-14,17,20-21H2,1-6H3,(H,40,45)(H,41,46)/t22-/m0/s1. The van der Waals surface area contributed by atoms with Gasteiger partial charge in [0.15, 0.2) is 0 Å². The van der Waals surface area contributed by atoms with Crippen LogP contribution in [0.5, 0.6) is 11.5 Å². The second-order valence-electron chi connectivity index (χ2n) is 11.6. The Balaban J connectivity index is 1.53. The van der Waals surface area contributed by atoms with E-state index in [4.69, 9.17) is 9.47 Å². The third-order valence-electron chi connectivity index (χ3n) is 8.08. The zero-order valence-electron chi connectivity index (χ0n) is 28.3. The molecule has 0 spiro atoms. The molecule has 12 nitrogen and oxygen atoms in total. The van der Waals surface area contributed by atoms with Gasteiger partial charge in [0.2, 0.25) is 0 Å². The SMILES string of the molecule is COc1cc(C(=O)Nc2cccc(-c3cccc(NC(=O)c4cc(OC)c(CN(C)CCO)cn4)c3C)c2C)ncc1CN[C@@H](C)CO. The highest BCUT2D eigenvalue weighted by molar-refractivity contribution is 6.05. The second kappa shape index (κ2) is 16.8. The van der Waals surface area contributed by atoms with Crippen molar-refractivity contribution < 1.29 is 29.3 Å². The summed E-state index contributed by atoms with van der Waals surface area (Å²) in [7, 11) is 4.96. The number of hydrogen-bond donors (Lipinski definition) is 5. The number of likely N-dealkylation sites (N-methyl/N-ethyl adjacent to an activating group) is 1. The summed E-state index contributed by atoms with van der Waals surface area (Å²) in [6.45, 7) is 7.20. The average Bonchev–Trinajstić information content (AvgIpc) is 3.09. The number of methoxy groups -OCH3 is 2. The van der Waals surface area contributed by atoms with E-state index in [0.717, 1.165) is 33.4 Å². The molecule has 2 aromatic carbocycles. The van der Waals surface area contributed by atoms with Gasteiger partial charge in [0.05, 0.1) is 27.4 Å². The number of anilines is 2. The number of carbonyl (C=O) groups is 2. The van der Waals surface area contributed by atoms with E-state index in [-0.39, 0.29) is 42.5 Å². The number of aliphatic hydroxyl groups excluding tert-OH is 2. The highest BCUT2D eigenvalue weighted by Gasteiger charge is 2.18. The van der Waals surface area contributed by atoms with E-state index in [1.807, 2.05) is 69.1 Å². The largest absolute Gasteiger partial charge is 0.496 e. The van der Waals surface area contributed by atoms with Crippen molar-refractivity contribution in [2.24, 2.45) is 0 Å². The first-order chi connectivity index (χ1) is 23.1. The second-order valence-corrected chi connectivity index (χ2v) is 11.6. The van der Waals surface area contributed by atoms with E-state index >= 15 is 0 Å². The van der Waals surface area contributed by atoms with Gasteiger partial charge in [-0.3, -0.25) is 24.5 Å². The Morgan fingerprint density at radius 2 is 1.33 bits per heavy atom. The van der Waals surface area contributed by atoms with Crippen molar-refractivity contribution in [2.75, 3.05) is 51.7 Å². The van der Waals surface area contributed by atoms with Crippen LogP contribution in [0.2, 0.25) is 0 Å². The van der Waals surface area contributed by atoms with Crippen molar-refractivity contribution in [1.82, 2.24) is 20.2 Å². The number of aromatic nitrogens is 2. The van der Waals surface area contributed by atoms with Crippen molar-refractivity contribution in [3.8, 4) is 22.6 Å². The van der Waals surface area contributed by atoms with Gasteiger partial charge < -0.3 is 35.6 Å². The molecular weight excluding hydrogens is 612 g/mol. The smallest absolute Gasteiger partial charge is 0.274 e. The Morgan fingerprint density at radius 1 is 0.833 bits per heavy atom. The van der Waals surface area contributed by atoms with Gasteiger partial charge in [-0.05, 0) is 62.2 Å². The molecule has 0 radical (unpaired) electrons. The third kappa shape index (κ3) is 8.72. The molecule has 0 aliphatic rings. The Morgan fingerprint density at radius 3 is 1.81 bits per heavy atom. The molecule has 4 rings (SSSR count). The van der Waals surface area contributed by atoms with E-state index in [1.54, 1.807) is 31.6 Å². The summed E-state index contributed by atoms with van der Waals surface area (Å²) in [6.07, 6.45) is 3.21. The van der Waals surface area contributed by atoms with Crippen LogP contribution in [-0.4, -0.2) is 84.0 Å². The zero-order chi connectivity index (χ0) is 34.8. The van der Waals surface area contributed by atoms with Crippen LogP contribution in [0.1, 0.15) is 50.2 Å².